The van der Waals surface area contributed by atoms with Crippen LogP contribution in [0.2, 0.25) is 0 Å². The van der Waals surface area contributed by atoms with Gasteiger partial charge in [-0.15, -0.1) is 0 Å². The Balaban J connectivity index is 2.58. The minimum atomic E-state index is -1.65. The molecule has 1 rings (SSSR count). The van der Waals surface area contributed by atoms with Crippen LogP contribution in [0.3, 0.4) is 0 Å². The number of nitrogens with one attached hydrogen (secondary N) is 1. The molecule has 2 atom stereocenters. The Morgan fingerprint density at radius 3 is 2.62 bits per heavy atom. The van der Waals surface area contributed by atoms with Gasteiger partial charge in [-0.3, -0.25) is 9.59 Å². The highest BCUT2D eigenvalue weighted by molar-refractivity contribution is 7.46. The first kappa shape index (κ1) is 22.6. The van der Waals surface area contributed by atoms with Crippen molar-refractivity contribution in [2.75, 3.05) is 25.9 Å². The topological polar surface area (TPSA) is 84.9 Å². The Hall–Kier alpha value is -1.49. The van der Waals surface area contributed by atoms with E-state index in [-0.39, 0.29) is 31.0 Å². The summed E-state index contributed by atoms with van der Waals surface area (Å²) in [4.78, 5) is 34.1. The summed E-state index contributed by atoms with van der Waals surface area (Å²) < 4.78 is 10.3. The predicted octanol–water partition coefficient (Wildman–Crippen LogP) is 3.04. The predicted molar refractivity (Wildman–Crippen MR) is 103 cm³/mol. The lowest BCUT2D eigenvalue weighted by molar-refractivity contribution is -0.143. The molecular weight excluding hydrogens is 353 g/mol. The van der Waals surface area contributed by atoms with Crippen molar-refractivity contribution >= 4 is 20.3 Å². The molecule has 0 bridgehead atoms. The minimum Gasteiger partial charge on any atom is -0.466 e. The largest absolute Gasteiger partial charge is 0.466 e. The van der Waals surface area contributed by atoms with E-state index in [1.54, 1.807) is 6.92 Å². The molecule has 1 aromatic carbocycles. The molecule has 0 aliphatic rings. The van der Waals surface area contributed by atoms with Crippen LogP contribution in [0.15, 0.2) is 30.3 Å². The molecule has 0 fully saturated rings. The van der Waals surface area contributed by atoms with Gasteiger partial charge in [-0.1, -0.05) is 43.7 Å². The maximum absolute atomic E-state index is 12.5. The van der Waals surface area contributed by atoms with E-state index in [4.69, 9.17) is 9.26 Å². The third kappa shape index (κ3) is 9.85. The second-order valence-corrected chi connectivity index (χ2v) is 7.28. The van der Waals surface area contributed by atoms with Crippen molar-refractivity contribution in [3.8, 4) is 0 Å². The summed E-state index contributed by atoms with van der Waals surface area (Å²) in [6.45, 7) is 4.85. The standard InChI is InChI=1S/C19H30NO5P/c1-3-5-13-25-26(23)15-17(14-16-9-7-6-8-10-16)19(22)20-12-11-18(21)24-4-2/h6-10,17,23H,3-5,11-15H2,1-2H3,(H,20,22). The van der Waals surface area contributed by atoms with E-state index in [9.17, 15) is 14.5 Å². The lowest BCUT2D eigenvalue weighted by Crippen LogP contribution is -2.35. The highest BCUT2D eigenvalue weighted by Gasteiger charge is 2.23. The van der Waals surface area contributed by atoms with Gasteiger partial charge in [0.1, 0.15) is 0 Å². The van der Waals surface area contributed by atoms with Crippen molar-refractivity contribution in [1.82, 2.24) is 5.32 Å². The number of benzene rings is 1. The van der Waals surface area contributed by atoms with Crippen LogP contribution in [0.4, 0.5) is 0 Å². The highest BCUT2D eigenvalue weighted by Crippen LogP contribution is 2.35. The van der Waals surface area contributed by atoms with Crippen molar-refractivity contribution in [2.45, 2.75) is 39.5 Å². The van der Waals surface area contributed by atoms with Crippen LogP contribution >= 0.6 is 8.38 Å². The Labute approximate surface area is 157 Å². The summed E-state index contributed by atoms with van der Waals surface area (Å²) in [6, 6.07) is 9.67. The van der Waals surface area contributed by atoms with Crippen molar-refractivity contribution in [2.24, 2.45) is 5.92 Å². The number of ether oxygens (including phenoxy) is 1. The van der Waals surface area contributed by atoms with Gasteiger partial charge < -0.3 is 19.5 Å². The number of hydrogen-bond donors (Lipinski definition) is 2. The lowest BCUT2D eigenvalue weighted by Gasteiger charge is -2.20. The number of amides is 1. The zero-order valence-electron chi connectivity index (χ0n) is 15.6. The maximum atomic E-state index is 12.5. The average Bonchev–Trinajstić information content (AvgIpc) is 2.62. The summed E-state index contributed by atoms with van der Waals surface area (Å²) in [7, 11) is -1.65. The molecule has 6 nitrogen and oxygen atoms in total. The second-order valence-electron chi connectivity index (χ2n) is 5.95. The molecule has 146 valence electrons. The van der Waals surface area contributed by atoms with E-state index in [1.807, 2.05) is 30.3 Å². The lowest BCUT2D eigenvalue weighted by atomic mass is 10.0. The van der Waals surface area contributed by atoms with Gasteiger partial charge in [0, 0.05) is 12.7 Å². The van der Waals surface area contributed by atoms with E-state index in [0.717, 1.165) is 18.4 Å². The molecule has 0 saturated carbocycles. The van der Waals surface area contributed by atoms with Gasteiger partial charge in [-0.25, -0.2) is 0 Å². The van der Waals surface area contributed by atoms with Gasteiger partial charge in [0.2, 0.25) is 5.91 Å². The molecule has 0 aliphatic carbocycles. The summed E-state index contributed by atoms with van der Waals surface area (Å²) in [5, 5.41) is 2.77. The molecule has 0 radical (unpaired) electrons. The summed E-state index contributed by atoms with van der Waals surface area (Å²) in [5.74, 6) is -0.921. The molecule has 0 saturated heterocycles. The smallest absolute Gasteiger partial charge is 0.307 e. The highest BCUT2D eigenvalue weighted by atomic mass is 31.2. The molecule has 2 unspecified atom stereocenters. The van der Waals surface area contributed by atoms with Crippen LogP contribution in [-0.4, -0.2) is 42.7 Å². The molecule has 0 aromatic heterocycles. The summed E-state index contributed by atoms with van der Waals surface area (Å²) in [6.07, 6.45) is 2.81. The number of hydrogen-bond acceptors (Lipinski definition) is 5. The molecule has 1 aromatic rings. The van der Waals surface area contributed by atoms with Crippen LogP contribution in [0.5, 0.6) is 0 Å². The van der Waals surface area contributed by atoms with E-state index < -0.39 is 14.3 Å². The molecule has 26 heavy (non-hydrogen) atoms. The van der Waals surface area contributed by atoms with Gasteiger partial charge in [0.25, 0.3) is 0 Å². The first-order valence-electron chi connectivity index (χ1n) is 9.13. The normalized spacial score (nSPS) is 13.0. The van der Waals surface area contributed by atoms with E-state index in [1.165, 1.54) is 0 Å². The van der Waals surface area contributed by atoms with Crippen LogP contribution in [0.1, 0.15) is 38.7 Å². The number of unbranched alkanes of at least 4 members (excludes halogenated alkanes) is 1. The number of carbonyl (C=O) groups excluding carboxylic acids is 2. The maximum Gasteiger partial charge on any atom is 0.307 e. The molecule has 0 aliphatic heterocycles. The Morgan fingerprint density at radius 2 is 1.96 bits per heavy atom. The van der Waals surface area contributed by atoms with Gasteiger partial charge in [-0.05, 0) is 25.3 Å². The van der Waals surface area contributed by atoms with Crippen molar-refractivity contribution < 1.29 is 23.7 Å². The fourth-order valence-electron chi connectivity index (χ4n) is 2.36. The molecule has 7 heteroatoms. The average molecular weight is 383 g/mol. The van der Waals surface area contributed by atoms with Gasteiger partial charge in [0.15, 0.2) is 8.38 Å². The number of carbonyl (C=O) groups is 2. The van der Waals surface area contributed by atoms with Crippen molar-refractivity contribution in [3.05, 3.63) is 35.9 Å². The van der Waals surface area contributed by atoms with Gasteiger partial charge in [0.05, 0.1) is 25.6 Å². The monoisotopic (exact) mass is 383 g/mol. The second kappa shape index (κ2) is 13.7. The quantitative estimate of drug-likeness (QED) is 0.311. The van der Waals surface area contributed by atoms with E-state index >= 15 is 0 Å². The fourth-order valence-corrected chi connectivity index (χ4v) is 3.48. The van der Waals surface area contributed by atoms with Crippen LogP contribution in [0, 0.1) is 5.92 Å². The zero-order chi connectivity index (χ0) is 19.2. The molecule has 0 heterocycles. The molecule has 2 N–H and O–H groups in total. The minimum absolute atomic E-state index is 0.137. The molecular formula is C19H30NO5P. The van der Waals surface area contributed by atoms with Crippen LogP contribution in [-0.2, 0) is 25.3 Å². The summed E-state index contributed by atoms with van der Waals surface area (Å²) >= 11 is 0. The third-order valence-electron chi connectivity index (χ3n) is 3.74. The Bertz CT molecular complexity index is 526. The first-order chi connectivity index (χ1) is 12.6. The van der Waals surface area contributed by atoms with E-state index in [0.29, 0.717) is 19.6 Å². The number of rotatable bonds is 13. The van der Waals surface area contributed by atoms with Crippen molar-refractivity contribution in [1.29, 1.82) is 0 Å². The summed E-state index contributed by atoms with van der Waals surface area (Å²) in [5.41, 5.74) is 1.02. The Morgan fingerprint density at radius 1 is 1.23 bits per heavy atom. The Kier molecular flexibility index (Phi) is 11.9. The van der Waals surface area contributed by atoms with Gasteiger partial charge in [-0.2, -0.15) is 0 Å². The fraction of sp³-hybridized carbons (Fsp3) is 0.579. The number of esters is 1. The van der Waals surface area contributed by atoms with Crippen molar-refractivity contribution in [3.63, 3.8) is 0 Å². The third-order valence-corrected chi connectivity index (χ3v) is 4.98. The van der Waals surface area contributed by atoms with Crippen LogP contribution < -0.4 is 5.32 Å². The SMILES string of the molecule is CCCCOP(O)CC(Cc1ccccc1)C(=O)NCCC(=O)OCC. The van der Waals surface area contributed by atoms with Crippen LogP contribution in [0.25, 0.3) is 0 Å². The first-order valence-corrected chi connectivity index (χ1v) is 10.5. The molecule has 1 amide bonds. The van der Waals surface area contributed by atoms with E-state index in [2.05, 4.69) is 12.2 Å². The van der Waals surface area contributed by atoms with Gasteiger partial charge >= 0.3 is 5.97 Å². The molecule has 0 spiro atoms. The zero-order valence-corrected chi connectivity index (χ0v) is 16.5.